The molecule has 0 spiro atoms. The Balaban J connectivity index is 3.07. The number of nitrogens with one attached hydrogen (secondary N) is 3. The van der Waals surface area contributed by atoms with E-state index in [1.807, 2.05) is 0 Å². The van der Waals surface area contributed by atoms with Crippen LogP contribution in [0, 0.1) is 19.1 Å². The number of benzene rings is 1. The van der Waals surface area contributed by atoms with Crippen LogP contribution in [0.5, 0.6) is 0 Å². The van der Waals surface area contributed by atoms with E-state index in [4.69, 9.17) is 13.1 Å². The zero-order chi connectivity index (χ0) is 22.9. The lowest BCUT2D eigenvalue weighted by Crippen LogP contribution is -2.41. The van der Waals surface area contributed by atoms with Gasteiger partial charge in [-0.25, -0.2) is 13.2 Å². The standard InChI is InChI=1S/C21H31N5O3S/c1-8-10-11-15(9-2)14-24-20(27)26-25-18-12-16(22-6)17(23-7)13-19(18)30(28,29)21(3,4)5/h12-13,15,25H,8-11,14H2,1-5H3,(H2,24,26,27). The number of sulfone groups is 1. The molecule has 8 nitrogen and oxygen atoms in total. The number of anilines is 1. The van der Waals surface area contributed by atoms with Crippen molar-refractivity contribution in [2.24, 2.45) is 5.92 Å². The molecule has 0 aliphatic heterocycles. The second-order valence-corrected chi connectivity index (χ2v) is 10.7. The Morgan fingerprint density at radius 3 is 2.23 bits per heavy atom. The van der Waals surface area contributed by atoms with Crippen molar-refractivity contribution < 1.29 is 13.2 Å². The molecular formula is C21H31N5O3S. The third-order valence-corrected chi connectivity index (χ3v) is 7.35. The van der Waals surface area contributed by atoms with Crippen LogP contribution in [0.1, 0.15) is 60.3 Å². The molecule has 1 aromatic rings. The van der Waals surface area contributed by atoms with Crippen LogP contribution < -0.4 is 16.2 Å². The van der Waals surface area contributed by atoms with Gasteiger partial charge in [-0.3, -0.25) is 20.5 Å². The zero-order valence-corrected chi connectivity index (χ0v) is 19.1. The highest BCUT2D eigenvalue weighted by Gasteiger charge is 2.33. The second-order valence-electron chi connectivity index (χ2n) is 8.05. The maximum Gasteiger partial charge on any atom is 0.333 e. The summed E-state index contributed by atoms with van der Waals surface area (Å²) in [5.74, 6) is 0.374. The van der Waals surface area contributed by atoms with Crippen molar-refractivity contribution in [3.8, 4) is 0 Å². The van der Waals surface area contributed by atoms with Gasteiger partial charge in [0, 0.05) is 6.54 Å². The minimum Gasteiger partial charge on any atom is -0.336 e. The Bertz CT molecular complexity index is 937. The fourth-order valence-corrected chi connectivity index (χ4v) is 4.06. The first kappa shape index (κ1) is 25.3. The van der Waals surface area contributed by atoms with Crippen molar-refractivity contribution in [2.45, 2.75) is 69.9 Å². The second kappa shape index (κ2) is 10.8. The minimum absolute atomic E-state index is 0.00757. The van der Waals surface area contributed by atoms with Gasteiger partial charge in [0.05, 0.1) is 28.5 Å². The topological polar surface area (TPSA) is 96.0 Å². The van der Waals surface area contributed by atoms with Gasteiger partial charge in [-0.1, -0.05) is 33.1 Å². The van der Waals surface area contributed by atoms with Crippen LogP contribution in [0.3, 0.4) is 0 Å². The first-order valence-corrected chi connectivity index (χ1v) is 11.5. The van der Waals surface area contributed by atoms with Crippen LogP contribution in [0.4, 0.5) is 21.9 Å². The van der Waals surface area contributed by atoms with Crippen LogP contribution >= 0.6 is 0 Å². The smallest absolute Gasteiger partial charge is 0.333 e. The molecule has 164 valence electrons. The van der Waals surface area contributed by atoms with Crippen LogP contribution in [0.2, 0.25) is 0 Å². The summed E-state index contributed by atoms with van der Waals surface area (Å²) in [7, 11) is -3.83. The first-order chi connectivity index (χ1) is 14.0. The van der Waals surface area contributed by atoms with Gasteiger partial charge >= 0.3 is 6.03 Å². The quantitative estimate of drug-likeness (QED) is 0.368. The number of carbonyl (C=O) groups excluding carboxylic acids is 1. The lowest BCUT2D eigenvalue weighted by atomic mass is 9.99. The molecule has 1 aromatic carbocycles. The number of amides is 2. The summed E-state index contributed by atoms with van der Waals surface area (Å²) in [4.78, 5) is 18.6. The molecule has 0 aromatic heterocycles. The molecule has 30 heavy (non-hydrogen) atoms. The number of hydrazine groups is 1. The maximum absolute atomic E-state index is 13.0. The largest absolute Gasteiger partial charge is 0.336 e. The van der Waals surface area contributed by atoms with Crippen LogP contribution in [-0.2, 0) is 9.84 Å². The molecule has 1 unspecified atom stereocenters. The summed E-state index contributed by atoms with van der Waals surface area (Å²) in [6.45, 7) is 23.8. The van der Waals surface area contributed by atoms with E-state index < -0.39 is 20.6 Å². The molecule has 1 rings (SSSR count). The Hall–Kier alpha value is -2.78. The highest BCUT2D eigenvalue weighted by Crippen LogP contribution is 2.39. The van der Waals surface area contributed by atoms with Crippen molar-refractivity contribution in [3.05, 3.63) is 35.0 Å². The van der Waals surface area contributed by atoms with E-state index in [9.17, 15) is 13.2 Å². The van der Waals surface area contributed by atoms with E-state index in [1.165, 1.54) is 12.1 Å². The number of hydrogen-bond donors (Lipinski definition) is 3. The highest BCUT2D eigenvalue weighted by molar-refractivity contribution is 7.93. The fraction of sp³-hybridized carbons (Fsp3) is 0.571. The van der Waals surface area contributed by atoms with E-state index in [1.54, 1.807) is 20.8 Å². The van der Waals surface area contributed by atoms with E-state index in [0.717, 1.165) is 25.7 Å². The number of nitrogens with zero attached hydrogens (tertiary/aromatic N) is 2. The summed E-state index contributed by atoms with van der Waals surface area (Å²) in [5, 5.41) is 2.78. The molecule has 0 aliphatic carbocycles. The Morgan fingerprint density at radius 1 is 1.13 bits per heavy atom. The van der Waals surface area contributed by atoms with Crippen LogP contribution in [-0.4, -0.2) is 25.7 Å². The van der Waals surface area contributed by atoms with Crippen molar-refractivity contribution in [3.63, 3.8) is 0 Å². The normalized spacial score (nSPS) is 12.4. The van der Waals surface area contributed by atoms with E-state index in [0.29, 0.717) is 12.5 Å². The van der Waals surface area contributed by atoms with E-state index in [-0.39, 0.29) is 22.0 Å². The molecule has 1 atom stereocenters. The molecule has 0 aliphatic rings. The minimum atomic E-state index is -3.83. The predicted octanol–water partition coefficient (Wildman–Crippen LogP) is 5.20. The predicted molar refractivity (Wildman–Crippen MR) is 119 cm³/mol. The monoisotopic (exact) mass is 433 g/mol. The molecule has 3 N–H and O–H groups in total. The van der Waals surface area contributed by atoms with Gasteiger partial charge in [0.2, 0.25) is 0 Å². The van der Waals surface area contributed by atoms with Gasteiger partial charge in [-0.2, -0.15) is 0 Å². The Kier molecular flexibility index (Phi) is 9.13. The van der Waals surface area contributed by atoms with E-state index in [2.05, 4.69) is 39.7 Å². The van der Waals surface area contributed by atoms with Crippen LogP contribution in [0.15, 0.2) is 17.0 Å². The lowest BCUT2D eigenvalue weighted by molar-refractivity contribution is 0.240. The average Bonchev–Trinajstić information content (AvgIpc) is 2.70. The summed E-state index contributed by atoms with van der Waals surface area (Å²) >= 11 is 0. The van der Waals surface area contributed by atoms with E-state index >= 15 is 0 Å². The van der Waals surface area contributed by atoms with Crippen molar-refractivity contribution >= 4 is 32.9 Å². The van der Waals surface area contributed by atoms with Crippen LogP contribution in [0.25, 0.3) is 9.69 Å². The summed E-state index contributed by atoms with van der Waals surface area (Å²) in [6, 6.07) is 1.96. The fourth-order valence-electron chi connectivity index (χ4n) is 2.74. The van der Waals surface area contributed by atoms with Crippen molar-refractivity contribution in [1.82, 2.24) is 10.7 Å². The zero-order valence-electron chi connectivity index (χ0n) is 18.3. The summed E-state index contributed by atoms with van der Waals surface area (Å²) in [6.07, 6.45) is 4.18. The third-order valence-electron chi connectivity index (χ3n) is 4.82. The molecule has 0 saturated heterocycles. The first-order valence-electron chi connectivity index (χ1n) is 9.99. The molecule has 0 fully saturated rings. The van der Waals surface area contributed by atoms with Gasteiger partial charge in [0.15, 0.2) is 21.2 Å². The molecule has 0 saturated carbocycles. The van der Waals surface area contributed by atoms with Gasteiger partial charge in [0.1, 0.15) is 0 Å². The Labute approximate surface area is 180 Å². The van der Waals surface area contributed by atoms with Crippen molar-refractivity contribution in [2.75, 3.05) is 12.0 Å². The highest BCUT2D eigenvalue weighted by atomic mass is 32.2. The number of urea groups is 1. The molecule has 0 heterocycles. The Morgan fingerprint density at radius 2 is 1.73 bits per heavy atom. The van der Waals surface area contributed by atoms with Crippen molar-refractivity contribution in [1.29, 1.82) is 0 Å². The summed E-state index contributed by atoms with van der Waals surface area (Å²) in [5.41, 5.74) is 5.07. The lowest BCUT2D eigenvalue weighted by Gasteiger charge is -2.23. The number of rotatable bonds is 9. The maximum atomic E-state index is 13.0. The average molecular weight is 434 g/mol. The van der Waals surface area contributed by atoms with Gasteiger partial charge in [-0.05, 0) is 45.2 Å². The SMILES string of the molecule is [C-]#[N+]c1cc(NNC(=O)NCC(CC)CCCC)c(S(=O)(=O)C(C)(C)C)cc1[N+]#[C-]. The number of hydrogen-bond acceptors (Lipinski definition) is 4. The third kappa shape index (κ3) is 6.36. The molecule has 0 bridgehead atoms. The van der Waals surface area contributed by atoms with Gasteiger partial charge in [-0.15, -0.1) is 0 Å². The molecule has 9 heteroatoms. The number of carbonyl (C=O) groups is 1. The van der Waals surface area contributed by atoms with Gasteiger partial charge < -0.3 is 5.32 Å². The molecular weight excluding hydrogens is 402 g/mol. The number of unbranched alkanes of at least 4 members (excludes halogenated alkanes) is 1. The molecule has 0 radical (unpaired) electrons. The molecule has 2 amide bonds. The summed E-state index contributed by atoms with van der Waals surface area (Å²) < 4.78 is 24.9. The van der Waals surface area contributed by atoms with Gasteiger partial charge in [0.25, 0.3) is 0 Å².